The summed E-state index contributed by atoms with van der Waals surface area (Å²) in [7, 11) is 1.99. The van der Waals surface area contributed by atoms with Crippen LogP contribution in [0, 0.1) is 5.82 Å². The van der Waals surface area contributed by atoms with E-state index in [-0.39, 0.29) is 5.82 Å². The van der Waals surface area contributed by atoms with Crippen molar-refractivity contribution in [2.45, 2.75) is 6.54 Å². The lowest BCUT2D eigenvalue weighted by atomic mass is 10.3. The zero-order valence-corrected chi connectivity index (χ0v) is 10.4. The average Bonchev–Trinajstić information content (AvgIpc) is 2.88. The first-order chi connectivity index (χ1) is 8.75. The summed E-state index contributed by atoms with van der Waals surface area (Å²) in [6.07, 6.45) is 1.67. The van der Waals surface area contributed by atoms with Gasteiger partial charge in [0, 0.05) is 25.8 Å². The van der Waals surface area contributed by atoms with E-state index in [0.717, 1.165) is 31.1 Å². The summed E-state index contributed by atoms with van der Waals surface area (Å²) in [6.45, 7) is 2.42. The maximum absolute atomic E-state index is 12.8. The van der Waals surface area contributed by atoms with Crippen LogP contribution in [0.5, 0.6) is 0 Å². The maximum atomic E-state index is 12.8. The molecule has 1 N–H and O–H groups in total. The van der Waals surface area contributed by atoms with Crippen molar-refractivity contribution in [3.8, 4) is 0 Å². The van der Waals surface area contributed by atoms with Crippen LogP contribution in [-0.2, 0) is 6.54 Å². The van der Waals surface area contributed by atoms with E-state index >= 15 is 0 Å². The molecule has 1 aromatic heterocycles. The van der Waals surface area contributed by atoms with E-state index in [4.69, 9.17) is 4.42 Å². The first-order valence-electron chi connectivity index (χ1n) is 5.95. The van der Waals surface area contributed by atoms with E-state index in [9.17, 15) is 4.39 Å². The zero-order valence-electron chi connectivity index (χ0n) is 10.4. The minimum absolute atomic E-state index is 0.205. The van der Waals surface area contributed by atoms with Crippen molar-refractivity contribution in [2.75, 3.05) is 25.0 Å². The van der Waals surface area contributed by atoms with Crippen LogP contribution in [0.25, 0.3) is 0 Å². The fourth-order valence-electron chi connectivity index (χ4n) is 1.70. The van der Waals surface area contributed by atoms with Crippen molar-refractivity contribution in [1.29, 1.82) is 0 Å². The third-order valence-electron chi connectivity index (χ3n) is 2.77. The third kappa shape index (κ3) is 3.60. The summed E-state index contributed by atoms with van der Waals surface area (Å²) >= 11 is 0. The van der Waals surface area contributed by atoms with Gasteiger partial charge in [-0.05, 0) is 36.4 Å². The number of hydrogen-bond donors (Lipinski definition) is 1. The molecular weight excluding hydrogens is 231 g/mol. The smallest absolute Gasteiger partial charge is 0.123 e. The Morgan fingerprint density at radius 1 is 1.22 bits per heavy atom. The molecule has 0 aliphatic heterocycles. The molecule has 0 bridgehead atoms. The van der Waals surface area contributed by atoms with Crippen molar-refractivity contribution in [1.82, 2.24) is 5.32 Å². The van der Waals surface area contributed by atoms with E-state index in [0.29, 0.717) is 0 Å². The highest BCUT2D eigenvalue weighted by atomic mass is 19.1. The Bertz CT molecular complexity index is 453. The Morgan fingerprint density at radius 2 is 2.00 bits per heavy atom. The summed E-state index contributed by atoms with van der Waals surface area (Å²) in [5.74, 6) is 0.725. The number of halogens is 1. The summed E-state index contributed by atoms with van der Waals surface area (Å²) in [4.78, 5) is 2.08. The van der Waals surface area contributed by atoms with Gasteiger partial charge in [0.1, 0.15) is 11.6 Å². The minimum Gasteiger partial charge on any atom is -0.468 e. The third-order valence-corrected chi connectivity index (χ3v) is 2.77. The van der Waals surface area contributed by atoms with Gasteiger partial charge >= 0.3 is 0 Å². The largest absolute Gasteiger partial charge is 0.468 e. The molecule has 0 amide bonds. The highest BCUT2D eigenvalue weighted by Gasteiger charge is 2.01. The van der Waals surface area contributed by atoms with E-state index in [1.165, 1.54) is 12.1 Å². The molecule has 0 spiro atoms. The van der Waals surface area contributed by atoms with Crippen LogP contribution in [0.3, 0.4) is 0 Å². The van der Waals surface area contributed by atoms with Crippen molar-refractivity contribution >= 4 is 5.69 Å². The number of nitrogens with one attached hydrogen (secondary N) is 1. The fourth-order valence-corrected chi connectivity index (χ4v) is 1.70. The molecular formula is C14H17FN2O. The predicted octanol–water partition coefficient (Wildman–Crippen LogP) is 2.64. The average molecular weight is 248 g/mol. The molecule has 0 saturated carbocycles. The first kappa shape index (κ1) is 12.6. The van der Waals surface area contributed by atoms with Gasteiger partial charge in [0.05, 0.1) is 12.8 Å². The lowest BCUT2D eigenvalue weighted by Gasteiger charge is -2.19. The van der Waals surface area contributed by atoms with Crippen LogP contribution in [0.15, 0.2) is 47.1 Å². The van der Waals surface area contributed by atoms with Crippen molar-refractivity contribution < 1.29 is 8.81 Å². The normalized spacial score (nSPS) is 10.6. The van der Waals surface area contributed by atoms with Crippen molar-refractivity contribution in [3.63, 3.8) is 0 Å². The highest BCUT2D eigenvalue weighted by Crippen LogP contribution is 2.12. The van der Waals surface area contributed by atoms with Gasteiger partial charge in [0.15, 0.2) is 0 Å². The monoisotopic (exact) mass is 248 g/mol. The van der Waals surface area contributed by atoms with Crippen LogP contribution in [-0.4, -0.2) is 20.1 Å². The molecule has 0 saturated heterocycles. The Labute approximate surface area is 106 Å². The molecule has 0 radical (unpaired) electrons. The zero-order chi connectivity index (χ0) is 12.8. The van der Waals surface area contributed by atoms with Gasteiger partial charge in [-0.15, -0.1) is 0 Å². The quantitative estimate of drug-likeness (QED) is 0.797. The Morgan fingerprint density at radius 3 is 2.67 bits per heavy atom. The van der Waals surface area contributed by atoms with Gasteiger partial charge in [0.25, 0.3) is 0 Å². The summed E-state index contributed by atoms with van der Waals surface area (Å²) < 4.78 is 18.0. The van der Waals surface area contributed by atoms with Crippen LogP contribution in [0.1, 0.15) is 5.76 Å². The molecule has 18 heavy (non-hydrogen) atoms. The second-order valence-corrected chi connectivity index (χ2v) is 4.15. The lowest BCUT2D eigenvalue weighted by Crippen LogP contribution is -2.28. The number of benzene rings is 1. The van der Waals surface area contributed by atoms with Crippen LogP contribution < -0.4 is 10.2 Å². The molecule has 1 aromatic carbocycles. The van der Waals surface area contributed by atoms with E-state index in [1.54, 1.807) is 18.4 Å². The molecule has 2 aromatic rings. The predicted molar refractivity (Wildman–Crippen MR) is 70.1 cm³/mol. The van der Waals surface area contributed by atoms with E-state index in [2.05, 4.69) is 10.2 Å². The molecule has 96 valence electrons. The number of hydrogen-bond acceptors (Lipinski definition) is 3. The topological polar surface area (TPSA) is 28.4 Å². The highest BCUT2D eigenvalue weighted by molar-refractivity contribution is 5.45. The van der Waals surface area contributed by atoms with E-state index in [1.807, 2.05) is 19.2 Å². The van der Waals surface area contributed by atoms with Crippen LogP contribution in [0.2, 0.25) is 0 Å². The van der Waals surface area contributed by atoms with Gasteiger partial charge in [-0.3, -0.25) is 0 Å². The molecule has 0 aliphatic rings. The summed E-state index contributed by atoms with van der Waals surface area (Å²) in [5, 5.41) is 3.29. The fraction of sp³-hybridized carbons (Fsp3) is 0.286. The second kappa shape index (κ2) is 6.21. The number of furan rings is 1. The molecule has 0 unspecified atom stereocenters. The van der Waals surface area contributed by atoms with Gasteiger partial charge < -0.3 is 14.6 Å². The van der Waals surface area contributed by atoms with Crippen molar-refractivity contribution in [2.24, 2.45) is 0 Å². The minimum atomic E-state index is -0.205. The number of nitrogens with zero attached hydrogens (tertiary/aromatic N) is 1. The molecule has 3 nitrogen and oxygen atoms in total. The summed E-state index contributed by atoms with van der Waals surface area (Å²) in [6, 6.07) is 10.3. The standard InChI is InChI=1S/C14H17FN2O/c1-17(13-6-4-12(15)5-7-13)9-8-16-11-14-3-2-10-18-14/h2-7,10,16H,8-9,11H2,1H3. The van der Waals surface area contributed by atoms with Crippen LogP contribution >= 0.6 is 0 Å². The Balaban J connectivity index is 1.71. The molecule has 0 fully saturated rings. The number of rotatable bonds is 6. The van der Waals surface area contributed by atoms with E-state index < -0.39 is 0 Å². The Hall–Kier alpha value is -1.81. The molecule has 2 rings (SSSR count). The SMILES string of the molecule is CN(CCNCc1ccco1)c1ccc(F)cc1. The number of likely N-dealkylation sites (N-methyl/N-ethyl adjacent to an activating group) is 1. The van der Waals surface area contributed by atoms with Gasteiger partial charge in [0.2, 0.25) is 0 Å². The second-order valence-electron chi connectivity index (χ2n) is 4.15. The van der Waals surface area contributed by atoms with Gasteiger partial charge in [-0.2, -0.15) is 0 Å². The summed E-state index contributed by atoms with van der Waals surface area (Å²) in [5.41, 5.74) is 1.01. The molecule has 0 atom stereocenters. The lowest BCUT2D eigenvalue weighted by molar-refractivity contribution is 0.484. The maximum Gasteiger partial charge on any atom is 0.123 e. The van der Waals surface area contributed by atoms with Gasteiger partial charge in [-0.25, -0.2) is 4.39 Å². The first-order valence-corrected chi connectivity index (χ1v) is 5.95. The molecule has 1 heterocycles. The van der Waals surface area contributed by atoms with Crippen molar-refractivity contribution in [3.05, 3.63) is 54.2 Å². The van der Waals surface area contributed by atoms with Crippen LogP contribution in [0.4, 0.5) is 10.1 Å². The Kier molecular flexibility index (Phi) is 4.36. The molecule has 4 heteroatoms. The number of anilines is 1. The van der Waals surface area contributed by atoms with Gasteiger partial charge in [-0.1, -0.05) is 0 Å². The molecule has 0 aliphatic carbocycles.